The van der Waals surface area contributed by atoms with E-state index in [1.807, 2.05) is 30.3 Å². The molecule has 8 nitrogen and oxygen atoms in total. The number of sulfonamides is 1. The average Bonchev–Trinajstić information content (AvgIpc) is 2.99. The topological polar surface area (TPSA) is 87.2 Å². The highest BCUT2D eigenvalue weighted by Crippen LogP contribution is 2.32. The molecule has 0 aliphatic carbocycles. The molecule has 1 fully saturated rings. The van der Waals surface area contributed by atoms with Gasteiger partial charge in [-0.15, -0.1) is 0 Å². The van der Waals surface area contributed by atoms with E-state index in [1.165, 1.54) is 12.1 Å². The minimum absolute atomic E-state index is 0.0845. The van der Waals surface area contributed by atoms with Crippen LogP contribution in [0.25, 0.3) is 0 Å². The Morgan fingerprint density at radius 2 is 1.72 bits per heavy atom. The average molecular weight is 458 g/mol. The number of carbonyl (C=O) groups excluding carboxylic acids is 2. The summed E-state index contributed by atoms with van der Waals surface area (Å²) in [6.07, 6.45) is 0. The normalized spacial score (nSPS) is 18.2. The van der Waals surface area contributed by atoms with Gasteiger partial charge in [-0.25, -0.2) is 12.7 Å². The molecule has 4 rings (SSSR count). The van der Waals surface area contributed by atoms with Gasteiger partial charge in [0.1, 0.15) is 17.3 Å². The monoisotopic (exact) mass is 457 g/mol. The molecule has 32 heavy (non-hydrogen) atoms. The maximum absolute atomic E-state index is 13.0. The van der Waals surface area contributed by atoms with Gasteiger partial charge in [0.05, 0.1) is 5.56 Å². The highest BCUT2D eigenvalue weighted by molar-refractivity contribution is 7.90. The molecule has 1 saturated heterocycles. The Hall–Kier alpha value is -2.91. The highest BCUT2D eigenvalue weighted by atomic mass is 32.2. The largest absolute Gasteiger partial charge is 0.492 e. The summed E-state index contributed by atoms with van der Waals surface area (Å²) in [7, 11) is -3.93. The minimum Gasteiger partial charge on any atom is -0.492 e. The van der Waals surface area contributed by atoms with E-state index < -0.39 is 22.0 Å². The van der Waals surface area contributed by atoms with Gasteiger partial charge in [0, 0.05) is 44.3 Å². The second kappa shape index (κ2) is 8.91. The fourth-order valence-electron chi connectivity index (χ4n) is 4.06. The maximum atomic E-state index is 13.0. The summed E-state index contributed by atoms with van der Waals surface area (Å²) in [6.45, 7) is 7.16. The molecule has 0 radical (unpaired) electrons. The fraction of sp³-hybridized carbons (Fsp3) is 0.391. The molecule has 0 unspecified atom stereocenters. The number of rotatable bonds is 6. The first-order chi connectivity index (χ1) is 15.3. The van der Waals surface area contributed by atoms with Crippen molar-refractivity contribution in [3.05, 3.63) is 59.7 Å². The van der Waals surface area contributed by atoms with Crippen LogP contribution in [0.2, 0.25) is 0 Å². The summed E-state index contributed by atoms with van der Waals surface area (Å²) >= 11 is 0. The first-order valence-electron chi connectivity index (χ1n) is 10.7. The lowest BCUT2D eigenvalue weighted by molar-refractivity contribution is 0.0619. The van der Waals surface area contributed by atoms with Crippen molar-refractivity contribution >= 4 is 21.8 Å². The Labute approximate surface area is 188 Å². The summed E-state index contributed by atoms with van der Waals surface area (Å²) < 4.78 is 32.2. The van der Waals surface area contributed by atoms with Gasteiger partial charge in [0.15, 0.2) is 0 Å². The predicted molar refractivity (Wildman–Crippen MR) is 119 cm³/mol. The third-order valence-electron chi connectivity index (χ3n) is 5.74. The zero-order valence-electron chi connectivity index (χ0n) is 18.2. The summed E-state index contributed by atoms with van der Waals surface area (Å²) in [6, 6.07) is 13.5. The lowest BCUT2D eigenvalue weighted by Crippen LogP contribution is -2.49. The molecular weight excluding hydrogens is 430 g/mol. The van der Waals surface area contributed by atoms with Crippen LogP contribution < -0.4 is 4.74 Å². The van der Waals surface area contributed by atoms with Crippen LogP contribution in [0.15, 0.2) is 53.4 Å². The van der Waals surface area contributed by atoms with Crippen LogP contribution in [-0.2, 0) is 10.0 Å². The minimum atomic E-state index is -3.93. The molecule has 170 valence electrons. The van der Waals surface area contributed by atoms with Gasteiger partial charge in [0.25, 0.3) is 21.8 Å². The van der Waals surface area contributed by atoms with Crippen LogP contribution in [0, 0.1) is 0 Å². The van der Waals surface area contributed by atoms with E-state index in [-0.39, 0.29) is 21.9 Å². The lowest BCUT2D eigenvalue weighted by atomic mass is 10.1. The quantitative estimate of drug-likeness (QED) is 0.660. The predicted octanol–water partition coefficient (Wildman–Crippen LogP) is 2.08. The molecule has 2 aliphatic heterocycles. The second-order valence-corrected chi connectivity index (χ2v) is 9.99. The van der Waals surface area contributed by atoms with Crippen LogP contribution in [0.1, 0.15) is 34.6 Å². The molecular formula is C23H27N3O5S. The molecule has 9 heteroatoms. The van der Waals surface area contributed by atoms with Gasteiger partial charge < -0.3 is 9.64 Å². The molecule has 2 amide bonds. The lowest BCUT2D eigenvalue weighted by Gasteiger charge is -2.34. The molecule has 2 heterocycles. The number of para-hydroxylation sites is 1. The van der Waals surface area contributed by atoms with E-state index >= 15 is 0 Å². The Morgan fingerprint density at radius 1 is 1.03 bits per heavy atom. The van der Waals surface area contributed by atoms with Crippen molar-refractivity contribution in [3.63, 3.8) is 0 Å². The zero-order valence-corrected chi connectivity index (χ0v) is 19.0. The van der Waals surface area contributed by atoms with E-state index in [2.05, 4.69) is 4.90 Å². The van der Waals surface area contributed by atoms with Crippen molar-refractivity contribution < 1.29 is 22.7 Å². The third-order valence-corrected chi connectivity index (χ3v) is 7.74. The van der Waals surface area contributed by atoms with Crippen molar-refractivity contribution in [1.82, 2.24) is 14.1 Å². The number of benzene rings is 2. The number of ether oxygens (including phenoxy) is 1. The third kappa shape index (κ3) is 4.22. The summed E-state index contributed by atoms with van der Waals surface area (Å²) in [4.78, 5) is 29.4. The maximum Gasteiger partial charge on any atom is 0.269 e. The van der Waals surface area contributed by atoms with Gasteiger partial charge in [-0.3, -0.25) is 14.5 Å². The molecule has 0 bridgehead atoms. The number of hydrogen-bond acceptors (Lipinski definition) is 6. The molecule has 0 spiro atoms. The number of nitrogens with zero attached hydrogens (tertiary/aromatic N) is 3. The zero-order chi connectivity index (χ0) is 22.9. The second-order valence-electron chi connectivity index (χ2n) is 8.21. The summed E-state index contributed by atoms with van der Waals surface area (Å²) in [5, 5.41) is 0. The van der Waals surface area contributed by atoms with Crippen molar-refractivity contribution in [1.29, 1.82) is 0 Å². The Morgan fingerprint density at radius 3 is 2.38 bits per heavy atom. The SMILES string of the molecule is CC(C)N1C(=O)c2ccc(C(=O)N3CCN(CCOc4ccccc4)CC3)cc2S1(=O)=O. The number of fused-ring (bicyclic) bond motifs is 1. The van der Waals surface area contributed by atoms with Gasteiger partial charge in [0.2, 0.25) is 0 Å². The van der Waals surface area contributed by atoms with E-state index in [0.717, 1.165) is 16.6 Å². The number of carbonyl (C=O) groups is 2. The van der Waals surface area contributed by atoms with Crippen LogP contribution in [-0.4, -0.2) is 79.7 Å². The molecule has 2 aromatic rings. The molecule has 2 aliphatic rings. The first-order valence-corrected chi connectivity index (χ1v) is 12.2. The Bertz CT molecular complexity index is 1110. The van der Waals surface area contributed by atoms with Crippen LogP contribution in [0.3, 0.4) is 0 Å². The fourth-order valence-corrected chi connectivity index (χ4v) is 5.85. The van der Waals surface area contributed by atoms with E-state index in [9.17, 15) is 18.0 Å². The van der Waals surface area contributed by atoms with Crippen LogP contribution >= 0.6 is 0 Å². The van der Waals surface area contributed by atoms with E-state index in [1.54, 1.807) is 24.8 Å². The standard InChI is InChI=1S/C23H27N3O5S/c1-17(2)26-23(28)20-9-8-18(16-21(20)32(26,29)30)22(27)25-12-10-24(11-13-25)14-15-31-19-6-4-3-5-7-19/h3-9,16-17H,10-15H2,1-2H3. The number of amides is 2. The summed E-state index contributed by atoms with van der Waals surface area (Å²) in [5.74, 6) is 0.0707. The van der Waals surface area contributed by atoms with Crippen molar-refractivity contribution in [3.8, 4) is 5.75 Å². The van der Waals surface area contributed by atoms with Gasteiger partial charge in [-0.1, -0.05) is 18.2 Å². The van der Waals surface area contributed by atoms with Crippen molar-refractivity contribution in [2.24, 2.45) is 0 Å². The Balaban J connectivity index is 1.36. The Kier molecular flexibility index (Phi) is 6.21. The van der Waals surface area contributed by atoms with Crippen molar-refractivity contribution in [2.75, 3.05) is 39.3 Å². The van der Waals surface area contributed by atoms with Gasteiger partial charge in [-0.05, 0) is 44.2 Å². The number of hydrogen-bond donors (Lipinski definition) is 0. The molecule has 0 atom stereocenters. The first kappa shape index (κ1) is 22.3. The van der Waals surface area contributed by atoms with Gasteiger partial charge >= 0.3 is 0 Å². The molecule has 0 N–H and O–H groups in total. The number of piperazine rings is 1. The van der Waals surface area contributed by atoms with Crippen LogP contribution in [0.4, 0.5) is 0 Å². The van der Waals surface area contributed by atoms with E-state index in [0.29, 0.717) is 32.8 Å². The van der Waals surface area contributed by atoms with Gasteiger partial charge in [-0.2, -0.15) is 0 Å². The van der Waals surface area contributed by atoms with Crippen LogP contribution in [0.5, 0.6) is 5.75 Å². The van der Waals surface area contributed by atoms with Crippen molar-refractivity contribution in [2.45, 2.75) is 24.8 Å². The molecule has 0 aromatic heterocycles. The smallest absolute Gasteiger partial charge is 0.269 e. The molecule has 2 aromatic carbocycles. The molecule has 0 saturated carbocycles. The highest BCUT2D eigenvalue weighted by Gasteiger charge is 2.43. The van der Waals surface area contributed by atoms with E-state index in [4.69, 9.17) is 4.74 Å². The summed E-state index contributed by atoms with van der Waals surface area (Å²) in [5.41, 5.74) is 0.407.